The van der Waals surface area contributed by atoms with Crippen molar-refractivity contribution in [2.45, 2.75) is 6.42 Å². The molecule has 6 heteroatoms. The van der Waals surface area contributed by atoms with Gasteiger partial charge in [-0.25, -0.2) is 9.15 Å². The first-order valence-corrected chi connectivity index (χ1v) is 7.62. The molecule has 0 aromatic carbocycles. The van der Waals surface area contributed by atoms with Gasteiger partial charge in [-0.2, -0.15) is 10.2 Å². The van der Waals surface area contributed by atoms with Gasteiger partial charge in [-0.3, -0.25) is 0 Å². The second-order valence-corrected chi connectivity index (χ2v) is 6.55. The average Bonchev–Trinajstić information content (AvgIpc) is 2.84. The molecule has 1 heterocycles. The van der Waals surface area contributed by atoms with Crippen molar-refractivity contribution >= 4 is 23.9 Å². The van der Waals surface area contributed by atoms with Gasteiger partial charge in [0.25, 0.3) is 0 Å². The fourth-order valence-electron chi connectivity index (χ4n) is 2.15. The highest BCUT2D eigenvalue weighted by molar-refractivity contribution is 6.29. The zero-order valence-electron chi connectivity index (χ0n) is 15.7. The molecule has 23 heavy (non-hydrogen) atoms. The average molecular weight is 318 g/mol. The van der Waals surface area contributed by atoms with Crippen molar-refractivity contribution in [1.82, 2.24) is 9.80 Å². The van der Waals surface area contributed by atoms with Gasteiger partial charge < -0.3 is 9.80 Å². The Hall–Kier alpha value is -2.24. The Labute approximate surface area is 140 Å². The lowest BCUT2D eigenvalue weighted by atomic mass is 10.0. The molecule has 0 unspecified atom stereocenters. The summed E-state index contributed by atoms with van der Waals surface area (Å²) in [7, 11) is 16.1. The highest BCUT2D eigenvalue weighted by atomic mass is 15.2. The van der Waals surface area contributed by atoms with Gasteiger partial charge in [0.2, 0.25) is 0 Å². The SMILES string of the molecule is CN(C)/C=C(/C=[N+](C)C)C1=NN=C(/C(C=[N+](C)C)=C/N(C)C)C1. The van der Waals surface area contributed by atoms with Crippen molar-refractivity contribution in [3.05, 3.63) is 23.5 Å². The van der Waals surface area contributed by atoms with Crippen molar-refractivity contribution < 1.29 is 9.15 Å². The van der Waals surface area contributed by atoms with Crippen LogP contribution in [0.15, 0.2) is 33.7 Å². The Morgan fingerprint density at radius 2 is 1.13 bits per heavy atom. The fourth-order valence-corrected chi connectivity index (χ4v) is 2.15. The zero-order valence-corrected chi connectivity index (χ0v) is 15.7. The number of hydrogen-bond donors (Lipinski definition) is 0. The standard InChI is InChI=1S/C17H30N6/c1-20(2)10-14(11-21(3)4)16-9-17(19-18-16)15(12-22(5)6)13-23(7)8/h10-13H,9H2,1-8H3/q+2. The van der Waals surface area contributed by atoms with Crippen molar-refractivity contribution in [3.63, 3.8) is 0 Å². The quantitative estimate of drug-likeness (QED) is 0.536. The maximum absolute atomic E-state index is 4.41. The minimum Gasteiger partial charge on any atom is -0.383 e. The van der Waals surface area contributed by atoms with Gasteiger partial charge in [-0.05, 0) is 0 Å². The van der Waals surface area contributed by atoms with Crippen molar-refractivity contribution in [2.24, 2.45) is 10.2 Å². The summed E-state index contributed by atoms with van der Waals surface area (Å²) in [6.45, 7) is 0. The molecule has 1 rings (SSSR count). The summed E-state index contributed by atoms with van der Waals surface area (Å²) >= 11 is 0. The van der Waals surface area contributed by atoms with Gasteiger partial charge in [0.05, 0.1) is 22.6 Å². The molecule has 0 saturated carbocycles. The van der Waals surface area contributed by atoms with Crippen LogP contribution in [0, 0.1) is 0 Å². The molecule has 6 nitrogen and oxygen atoms in total. The highest BCUT2D eigenvalue weighted by Gasteiger charge is 2.21. The Kier molecular flexibility index (Phi) is 6.88. The van der Waals surface area contributed by atoms with Gasteiger partial charge >= 0.3 is 0 Å². The zero-order chi connectivity index (χ0) is 17.6. The molecule has 1 aliphatic heterocycles. The van der Waals surface area contributed by atoms with Crippen molar-refractivity contribution in [3.8, 4) is 0 Å². The maximum atomic E-state index is 4.41. The van der Waals surface area contributed by atoms with Crippen LogP contribution in [0.3, 0.4) is 0 Å². The first-order valence-electron chi connectivity index (χ1n) is 7.62. The molecule has 0 aromatic heterocycles. The number of nitrogens with zero attached hydrogens (tertiary/aromatic N) is 6. The van der Waals surface area contributed by atoms with E-state index in [0.29, 0.717) is 0 Å². The largest absolute Gasteiger partial charge is 0.383 e. The molecular weight excluding hydrogens is 288 g/mol. The summed E-state index contributed by atoms with van der Waals surface area (Å²) < 4.78 is 4.05. The molecule has 0 aliphatic carbocycles. The van der Waals surface area contributed by atoms with E-state index in [1.807, 2.05) is 75.3 Å². The molecule has 0 fully saturated rings. The molecule has 126 valence electrons. The third kappa shape index (κ3) is 6.59. The monoisotopic (exact) mass is 318 g/mol. The smallest absolute Gasteiger partial charge is 0.173 e. The Morgan fingerprint density at radius 1 is 0.783 bits per heavy atom. The molecule has 0 radical (unpaired) electrons. The molecule has 0 N–H and O–H groups in total. The first kappa shape index (κ1) is 18.8. The number of rotatable bonds is 6. The van der Waals surface area contributed by atoms with E-state index in [1.54, 1.807) is 0 Å². The van der Waals surface area contributed by atoms with Crippen LogP contribution in [0.25, 0.3) is 0 Å². The first-order chi connectivity index (χ1) is 10.7. The summed E-state index contributed by atoms with van der Waals surface area (Å²) in [6.07, 6.45) is 9.02. The lowest BCUT2D eigenvalue weighted by Gasteiger charge is -2.09. The molecule has 0 aromatic rings. The molecular formula is C17H30N6+2. The normalized spacial score (nSPS) is 15.0. The third-order valence-electron chi connectivity index (χ3n) is 2.88. The van der Waals surface area contributed by atoms with Gasteiger partial charge in [0.15, 0.2) is 12.4 Å². The summed E-state index contributed by atoms with van der Waals surface area (Å²) in [4.78, 5) is 4.05. The van der Waals surface area contributed by atoms with Crippen LogP contribution in [0.2, 0.25) is 0 Å². The highest BCUT2D eigenvalue weighted by Crippen LogP contribution is 2.15. The van der Waals surface area contributed by atoms with Crippen molar-refractivity contribution in [2.75, 3.05) is 56.4 Å². The molecule has 0 amide bonds. The van der Waals surface area contributed by atoms with E-state index < -0.39 is 0 Å². The van der Waals surface area contributed by atoms with Crippen molar-refractivity contribution in [1.29, 1.82) is 0 Å². The predicted octanol–water partition coefficient (Wildman–Crippen LogP) is 0.764. The molecule has 1 aliphatic rings. The molecule has 0 spiro atoms. The predicted molar refractivity (Wildman–Crippen MR) is 99.4 cm³/mol. The Bertz CT molecular complexity index is 553. The van der Waals surface area contributed by atoms with Gasteiger partial charge in [0, 0.05) is 47.0 Å². The number of allylic oxidation sites excluding steroid dienone is 2. The van der Waals surface area contributed by atoms with Crippen LogP contribution in [0.1, 0.15) is 6.42 Å². The molecule has 0 bridgehead atoms. The summed E-state index contributed by atoms with van der Waals surface area (Å²) in [6, 6.07) is 0. The second kappa shape index (κ2) is 8.41. The van der Waals surface area contributed by atoms with Crippen LogP contribution in [-0.2, 0) is 0 Å². The van der Waals surface area contributed by atoms with E-state index >= 15 is 0 Å². The molecule has 0 saturated heterocycles. The minimum absolute atomic E-state index is 0.730. The summed E-state index contributed by atoms with van der Waals surface area (Å²) in [5.41, 5.74) is 4.12. The lowest BCUT2D eigenvalue weighted by Crippen LogP contribution is -2.18. The third-order valence-corrected chi connectivity index (χ3v) is 2.88. The van der Waals surface area contributed by atoms with Crippen LogP contribution >= 0.6 is 0 Å². The van der Waals surface area contributed by atoms with Gasteiger partial charge in [0.1, 0.15) is 28.2 Å². The lowest BCUT2D eigenvalue weighted by molar-refractivity contribution is -0.458. The summed E-state index contributed by atoms with van der Waals surface area (Å²) in [5.74, 6) is 0. The van der Waals surface area contributed by atoms with Crippen LogP contribution in [-0.4, -0.2) is 99.2 Å². The van der Waals surface area contributed by atoms with E-state index in [-0.39, 0.29) is 0 Å². The van der Waals surface area contributed by atoms with Crippen LogP contribution in [0.4, 0.5) is 0 Å². The van der Waals surface area contributed by atoms with Crippen LogP contribution in [0.5, 0.6) is 0 Å². The van der Waals surface area contributed by atoms with E-state index in [0.717, 1.165) is 29.0 Å². The maximum Gasteiger partial charge on any atom is 0.173 e. The fraction of sp³-hybridized carbons (Fsp3) is 0.529. The minimum atomic E-state index is 0.730. The van der Waals surface area contributed by atoms with E-state index in [1.165, 1.54) is 0 Å². The number of hydrogen-bond acceptors (Lipinski definition) is 4. The van der Waals surface area contributed by atoms with E-state index in [9.17, 15) is 0 Å². The second-order valence-electron chi connectivity index (χ2n) is 6.55. The topological polar surface area (TPSA) is 37.2 Å². The van der Waals surface area contributed by atoms with E-state index in [4.69, 9.17) is 0 Å². The van der Waals surface area contributed by atoms with Gasteiger partial charge in [-0.1, -0.05) is 0 Å². The van der Waals surface area contributed by atoms with Gasteiger partial charge in [-0.15, -0.1) is 0 Å². The van der Waals surface area contributed by atoms with Crippen LogP contribution < -0.4 is 0 Å². The van der Waals surface area contributed by atoms with E-state index in [2.05, 4.69) is 35.0 Å². The Balaban J connectivity index is 3.06. The Morgan fingerprint density at radius 3 is 1.39 bits per heavy atom. The summed E-state index contributed by atoms with van der Waals surface area (Å²) in [5, 5.41) is 8.83. The molecule has 0 atom stereocenters.